The van der Waals surface area contributed by atoms with Crippen molar-refractivity contribution in [3.05, 3.63) is 193 Å². The number of amidine groups is 2. The molecule has 54 heavy (non-hydrogen) atoms. The largest absolute Gasteiger partial charge is 0.344 e. The topological polar surface area (TPSA) is 54.6 Å². The molecule has 0 saturated heterocycles. The van der Waals surface area contributed by atoms with Crippen LogP contribution in [0.15, 0.2) is 186 Å². The van der Waals surface area contributed by atoms with E-state index in [0.29, 0.717) is 5.84 Å². The van der Waals surface area contributed by atoms with Crippen LogP contribution >= 0.6 is 11.3 Å². The van der Waals surface area contributed by atoms with Gasteiger partial charge in [-0.2, -0.15) is 0 Å². The van der Waals surface area contributed by atoms with Crippen LogP contribution in [-0.4, -0.2) is 21.2 Å². The van der Waals surface area contributed by atoms with Crippen molar-refractivity contribution >= 4 is 75.9 Å². The summed E-state index contributed by atoms with van der Waals surface area (Å²) >= 11 is 1.83. The van der Waals surface area contributed by atoms with Gasteiger partial charge in [-0.3, -0.25) is 0 Å². The molecule has 1 aliphatic rings. The van der Waals surface area contributed by atoms with Gasteiger partial charge in [-0.1, -0.05) is 146 Å². The molecule has 254 valence electrons. The number of nitrogens with one attached hydrogen (secondary N) is 1. The van der Waals surface area contributed by atoms with Gasteiger partial charge in [-0.15, -0.1) is 11.3 Å². The summed E-state index contributed by atoms with van der Waals surface area (Å²) < 4.78 is 3.62. The molecule has 1 N–H and O–H groups in total. The van der Waals surface area contributed by atoms with Crippen LogP contribution in [0.3, 0.4) is 0 Å². The van der Waals surface area contributed by atoms with E-state index in [-0.39, 0.29) is 6.17 Å². The first-order valence-electron chi connectivity index (χ1n) is 18.1. The minimum Gasteiger partial charge on any atom is -0.344 e. The van der Waals surface area contributed by atoms with Gasteiger partial charge in [0.15, 0.2) is 5.84 Å². The van der Waals surface area contributed by atoms with E-state index in [1.165, 1.54) is 47.4 Å². The Hall–Kier alpha value is -6.89. The molecule has 0 aliphatic carbocycles. The van der Waals surface area contributed by atoms with Crippen molar-refractivity contribution in [2.24, 2.45) is 9.98 Å². The summed E-state index contributed by atoms with van der Waals surface area (Å²) in [7, 11) is 0. The monoisotopic (exact) mass is 709 g/mol. The highest BCUT2D eigenvalue weighted by molar-refractivity contribution is 7.26. The Morgan fingerprint density at radius 2 is 1.24 bits per heavy atom. The van der Waals surface area contributed by atoms with Crippen molar-refractivity contribution in [3.63, 3.8) is 0 Å². The minimum atomic E-state index is -0.297. The molecule has 6 heteroatoms. The Kier molecular flexibility index (Phi) is 7.03. The lowest BCUT2D eigenvalue weighted by Crippen LogP contribution is -2.33. The van der Waals surface area contributed by atoms with Crippen LogP contribution in [0.1, 0.15) is 22.9 Å². The van der Waals surface area contributed by atoms with Gasteiger partial charge < -0.3 is 9.88 Å². The molecule has 1 atom stereocenters. The third kappa shape index (κ3) is 4.95. The van der Waals surface area contributed by atoms with Crippen LogP contribution < -0.4 is 5.32 Å². The Balaban J connectivity index is 1.08. The van der Waals surface area contributed by atoms with E-state index in [2.05, 4.69) is 149 Å². The Morgan fingerprint density at radius 3 is 2.06 bits per heavy atom. The van der Waals surface area contributed by atoms with Crippen LogP contribution in [0.5, 0.6) is 0 Å². The molecular weight excluding hydrogens is 679 g/mol. The molecule has 0 fully saturated rings. The third-order valence-electron chi connectivity index (χ3n) is 10.4. The number of fused-ring (bicyclic) bond motifs is 8. The summed E-state index contributed by atoms with van der Waals surface area (Å²) in [6, 6.07) is 61.9. The van der Waals surface area contributed by atoms with E-state index < -0.39 is 0 Å². The Morgan fingerprint density at radius 1 is 0.556 bits per heavy atom. The minimum absolute atomic E-state index is 0.297. The number of hydrogen-bond acceptors (Lipinski definition) is 5. The van der Waals surface area contributed by atoms with Crippen LogP contribution in [0.4, 0.5) is 0 Å². The zero-order chi connectivity index (χ0) is 35.6. The van der Waals surface area contributed by atoms with Crippen molar-refractivity contribution in [1.82, 2.24) is 14.9 Å². The third-order valence-corrected chi connectivity index (χ3v) is 11.6. The maximum absolute atomic E-state index is 5.33. The highest BCUT2D eigenvalue weighted by Crippen LogP contribution is 2.47. The molecule has 0 bridgehead atoms. The molecule has 1 aliphatic heterocycles. The standard InChI is InChI=1S/C48H31N5S/c1-3-14-31(15-4-1)45-50-46(32-16-5-2-6-17-32)52-47(51-45)33-25-27-36(28-26-33)53-40-22-12-10-20-38(40)42-41-37-19-9-11-21-39(37)49-43(44(41)54-48(42)53)35-24-23-30-13-7-8-18-34(30)29-35/h1-29,47H,(H,50,51,52). The number of para-hydroxylation sites is 2. The fourth-order valence-corrected chi connectivity index (χ4v) is 9.24. The molecule has 0 spiro atoms. The van der Waals surface area contributed by atoms with Crippen molar-refractivity contribution in [2.75, 3.05) is 0 Å². The smallest absolute Gasteiger partial charge is 0.159 e. The lowest BCUT2D eigenvalue weighted by atomic mass is 10.0. The SMILES string of the molecule is c1ccc(C2=NC(c3ccc(-n4c5ccccc5c5c6c(sc54)c(-c4ccc5ccccc5c4)nc4ccccc46)cc3)NC(c3ccccc3)=N2)cc1. The first-order chi connectivity index (χ1) is 26.8. The van der Waals surface area contributed by atoms with Gasteiger partial charge >= 0.3 is 0 Å². The molecule has 5 nitrogen and oxygen atoms in total. The van der Waals surface area contributed by atoms with Gasteiger partial charge in [0.25, 0.3) is 0 Å². The van der Waals surface area contributed by atoms with E-state index in [4.69, 9.17) is 15.0 Å². The van der Waals surface area contributed by atoms with Crippen molar-refractivity contribution in [3.8, 4) is 16.9 Å². The molecule has 11 rings (SSSR count). The molecule has 3 aromatic heterocycles. The summed E-state index contributed by atoms with van der Waals surface area (Å²) in [4.78, 5) is 16.6. The number of hydrogen-bond donors (Lipinski definition) is 1. The summed E-state index contributed by atoms with van der Waals surface area (Å²) in [5.41, 5.74) is 8.51. The molecule has 0 amide bonds. The van der Waals surface area contributed by atoms with E-state index in [1.807, 2.05) is 47.7 Å². The number of aromatic nitrogens is 2. The zero-order valence-electron chi connectivity index (χ0n) is 29.0. The van der Waals surface area contributed by atoms with Crippen LogP contribution in [0.2, 0.25) is 0 Å². The average Bonchev–Trinajstić information content (AvgIpc) is 3.79. The summed E-state index contributed by atoms with van der Waals surface area (Å²) in [5, 5.41) is 11.0. The second-order valence-corrected chi connectivity index (χ2v) is 14.7. The molecule has 1 unspecified atom stereocenters. The number of nitrogens with zero attached hydrogens (tertiary/aromatic N) is 4. The molecule has 7 aromatic carbocycles. The van der Waals surface area contributed by atoms with Crippen LogP contribution in [0, 0.1) is 0 Å². The van der Waals surface area contributed by atoms with E-state index in [0.717, 1.165) is 45.0 Å². The second kappa shape index (κ2) is 12.4. The first-order valence-corrected chi connectivity index (χ1v) is 19.0. The Labute approximate surface area is 315 Å². The molecule has 10 aromatic rings. The molecular formula is C48H31N5S. The van der Waals surface area contributed by atoms with Crippen LogP contribution in [-0.2, 0) is 0 Å². The number of thiophene rings is 1. The highest BCUT2D eigenvalue weighted by atomic mass is 32.1. The summed E-state index contributed by atoms with van der Waals surface area (Å²) in [6.45, 7) is 0. The van der Waals surface area contributed by atoms with Gasteiger partial charge in [-0.05, 0) is 46.7 Å². The number of pyridine rings is 1. The lowest BCUT2D eigenvalue weighted by molar-refractivity contribution is 0.674. The van der Waals surface area contributed by atoms with E-state index in [1.54, 1.807) is 0 Å². The Bertz CT molecular complexity index is 3120. The first kappa shape index (κ1) is 30.7. The summed E-state index contributed by atoms with van der Waals surface area (Å²) in [5.74, 6) is 1.53. The predicted octanol–water partition coefficient (Wildman–Crippen LogP) is 11.9. The van der Waals surface area contributed by atoms with E-state index >= 15 is 0 Å². The fourth-order valence-electron chi connectivity index (χ4n) is 7.87. The number of rotatable bonds is 5. The highest BCUT2D eigenvalue weighted by Gasteiger charge is 2.24. The lowest BCUT2D eigenvalue weighted by Gasteiger charge is -2.24. The normalized spacial score (nSPS) is 14.5. The van der Waals surface area contributed by atoms with Crippen LogP contribution in [0.25, 0.3) is 69.8 Å². The van der Waals surface area contributed by atoms with Gasteiger partial charge in [0.1, 0.15) is 16.8 Å². The van der Waals surface area contributed by atoms with E-state index in [9.17, 15) is 0 Å². The van der Waals surface area contributed by atoms with Gasteiger partial charge in [0.05, 0.1) is 21.4 Å². The second-order valence-electron chi connectivity index (χ2n) is 13.7. The molecule has 0 radical (unpaired) electrons. The quantitative estimate of drug-likeness (QED) is 0.193. The fraction of sp³-hybridized carbons (Fsp3) is 0.0208. The number of aliphatic imine (C=N–C) groups is 2. The van der Waals surface area contributed by atoms with Gasteiger partial charge in [0, 0.05) is 43.9 Å². The maximum atomic E-state index is 5.33. The average molecular weight is 710 g/mol. The molecule has 0 saturated carbocycles. The summed E-state index contributed by atoms with van der Waals surface area (Å²) in [6.07, 6.45) is -0.297. The zero-order valence-corrected chi connectivity index (χ0v) is 29.8. The van der Waals surface area contributed by atoms with Crippen molar-refractivity contribution in [1.29, 1.82) is 0 Å². The van der Waals surface area contributed by atoms with Crippen molar-refractivity contribution in [2.45, 2.75) is 6.17 Å². The predicted molar refractivity (Wildman–Crippen MR) is 226 cm³/mol. The van der Waals surface area contributed by atoms with Gasteiger partial charge in [0.2, 0.25) is 0 Å². The maximum Gasteiger partial charge on any atom is 0.159 e. The van der Waals surface area contributed by atoms with Crippen molar-refractivity contribution < 1.29 is 0 Å². The number of benzene rings is 7. The molecule has 4 heterocycles. The van der Waals surface area contributed by atoms with Gasteiger partial charge in [-0.25, -0.2) is 15.0 Å².